The maximum atomic E-state index is 12.0. The molecule has 0 unspecified atom stereocenters. The molecule has 1 aromatic carbocycles. The molecule has 0 saturated heterocycles. The van der Waals surface area contributed by atoms with Gasteiger partial charge in [-0.05, 0) is 17.9 Å². The highest BCUT2D eigenvalue weighted by Gasteiger charge is 2.19. The van der Waals surface area contributed by atoms with Gasteiger partial charge >= 0.3 is 5.97 Å². The molecule has 2 aromatic heterocycles. The fourth-order valence-electron chi connectivity index (χ4n) is 2.40. The molecule has 3 aromatic rings. The van der Waals surface area contributed by atoms with E-state index in [1.165, 1.54) is 0 Å². The third-order valence-corrected chi connectivity index (χ3v) is 4.30. The number of hydrogen-bond acceptors (Lipinski definition) is 5. The molecule has 2 heterocycles. The van der Waals surface area contributed by atoms with Crippen LogP contribution in [0.2, 0.25) is 0 Å². The quantitative estimate of drug-likeness (QED) is 0.481. The molecular weight excluding hydrogens is 322 g/mol. The monoisotopic (exact) mass is 341 g/mol. The molecule has 0 aliphatic heterocycles. The molecule has 124 valence electrons. The first-order valence-electron chi connectivity index (χ1n) is 7.96. The summed E-state index contributed by atoms with van der Waals surface area (Å²) in [4.78, 5) is 12.0. The second-order valence-corrected chi connectivity index (χ2v) is 6.18. The van der Waals surface area contributed by atoms with Crippen molar-refractivity contribution in [3.05, 3.63) is 47.2 Å². The van der Waals surface area contributed by atoms with E-state index in [1.807, 2.05) is 47.2 Å². The van der Waals surface area contributed by atoms with Crippen LogP contribution in [0.25, 0.3) is 22.5 Å². The summed E-state index contributed by atoms with van der Waals surface area (Å²) in [6, 6.07) is 11.9. The average molecular weight is 341 g/mol. The molecule has 0 aliphatic carbocycles. The van der Waals surface area contributed by atoms with Gasteiger partial charge in [-0.1, -0.05) is 48.9 Å². The van der Waals surface area contributed by atoms with Crippen molar-refractivity contribution in [2.75, 3.05) is 6.61 Å². The highest BCUT2D eigenvalue weighted by Crippen LogP contribution is 2.31. The van der Waals surface area contributed by atoms with Crippen molar-refractivity contribution in [3.63, 3.8) is 0 Å². The van der Waals surface area contributed by atoms with Crippen molar-refractivity contribution < 1.29 is 9.53 Å². The highest BCUT2D eigenvalue weighted by atomic mass is 32.1. The van der Waals surface area contributed by atoms with Gasteiger partial charge < -0.3 is 4.74 Å². The smallest absolute Gasteiger partial charge is 0.327 e. The van der Waals surface area contributed by atoms with E-state index in [0.29, 0.717) is 6.61 Å². The van der Waals surface area contributed by atoms with Gasteiger partial charge in [0, 0.05) is 16.5 Å². The van der Waals surface area contributed by atoms with Crippen LogP contribution in [0, 0.1) is 0 Å². The summed E-state index contributed by atoms with van der Waals surface area (Å²) in [6.07, 6.45) is 1.87. The van der Waals surface area contributed by atoms with Crippen LogP contribution >= 0.6 is 11.3 Å². The lowest BCUT2D eigenvalue weighted by atomic mass is 10.1. The van der Waals surface area contributed by atoms with Crippen molar-refractivity contribution in [1.82, 2.24) is 15.0 Å². The molecule has 0 amide bonds. The van der Waals surface area contributed by atoms with Gasteiger partial charge in [0.2, 0.25) is 0 Å². The van der Waals surface area contributed by atoms with Gasteiger partial charge in [-0.25, -0.2) is 4.68 Å². The highest BCUT2D eigenvalue weighted by molar-refractivity contribution is 7.08. The molecule has 3 rings (SSSR count). The lowest BCUT2D eigenvalue weighted by Gasteiger charge is -2.07. The van der Waals surface area contributed by atoms with Crippen molar-refractivity contribution in [1.29, 1.82) is 0 Å². The van der Waals surface area contributed by atoms with E-state index in [1.54, 1.807) is 16.0 Å². The number of unbranched alkanes of at least 4 members (excludes halogenated alkanes) is 1. The van der Waals surface area contributed by atoms with E-state index < -0.39 is 0 Å². The van der Waals surface area contributed by atoms with Crippen LogP contribution in [0.3, 0.4) is 0 Å². The minimum atomic E-state index is -0.288. The molecule has 24 heavy (non-hydrogen) atoms. The van der Waals surface area contributed by atoms with Crippen LogP contribution in [0.15, 0.2) is 47.2 Å². The third-order valence-electron chi connectivity index (χ3n) is 3.62. The molecular formula is C18H19N3O2S. The third kappa shape index (κ3) is 3.71. The summed E-state index contributed by atoms with van der Waals surface area (Å²) in [7, 11) is 0. The number of aromatic nitrogens is 3. The summed E-state index contributed by atoms with van der Waals surface area (Å²) in [6.45, 7) is 2.57. The number of hydrogen-bond donors (Lipinski definition) is 0. The first-order valence-corrected chi connectivity index (χ1v) is 8.91. The van der Waals surface area contributed by atoms with Crippen LogP contribution in [0.4, 0.5) is 0 Å². The minimum Gasteiger partial charge on any atom is -0.464 e. The summed E-state index contributed by atoms with van der Waals surface area (Å²) in [5.74, 6) is -0.288. The molecule has 0 fully saturated rings. The van der Waals surface area contributed by atoms with Gasteiger partial charge in [0.1, 0.15) is 12.2 Å². The molecule has 0 aliphatic rings. The Bertz CT molecular complexity index is 782. The van der Waals surface area contributed by atoms with Crippen LogP contribution < -0.4 is 0 Å². The molecule has 0 atom stereocenters. The first kappa shape index (κ1) is 16.4. The van der Waals surface area contributed by atoms with E-state index in [9.17, 15) is 4.79 Å². The second kappa shape index (κ2) is 7.88. The maximum absolute atomic E-state index is 12.0. The van der Waals surface area contributed by atoms with Gasteiger partial charge in [-0.15, -0.1) is 5.10 Å². The Morgan fingerprint density at radius 3 is 2.75 bits per heavy atom. The first-order chi connectivity index (χ1) is 11.8. The van der Waals surface area contributed by atoms with Crippen LogP contribution in [-0.2, 0) is 16.1 Å². The summed E-state index contributed by atoms with van der Waals surface area (Å²) < 4.78 is 6.87. The lowest BCUT2D eigenvalue weighted by Crippen LogP contribution is -2.16. The Labute approximate surface area is 144 Å². The summed E-state index contributed by atoms with van der Waals surface area (Å²) in [5, 5.41) is 12.5. The molecule has 0 saturated carbocycles. The number of benzene rings is 1. The molecule has 0 bridgehead atoms. The topological polar surface area (TPSA) is 57.0 Å². The van der Waals surface area contributed by atoms with Crippen molar-refractivity contribution >= 4 is 17.3 Å². The predicted molar refractivity (Wildman–Crippen MR) is 94.6 cm³/mol. The molecule has 6 heteroatoms. The second-order valence-electron chi connectivity index (χ2n) is 5.40. The minimum absolute atomic E-state index is 0.0642. The standard InChI is InChI=1S/C18H19N3O2S/c1-2-3-10-23-16(22)12-21-18(15-9-11-24-13-15)17(19-20-21)14-7-5-4-6-8-14/h4-9,11,13H,2-3,10,12H2,1H3. The largest absolute Gasteiger partial charge is 0.464 e. The fourth-order valence-corrected chi connectivity index (χ4v) is 3.04. The molecule has 0 spiro atoms. The van der Waals surface area contributed by atoms with E-state index in [-0.39, 0.29) is 12.5 Å². The Kier molecular flexibility index (Phi) is 5.38. The molecule has 5 nitrogen and oxygen atoms in total. The van der Waals surface area contributed by atoms with Gasteiger partial charge in [0.25, 0.3) is 0 Å². The van der Waals surface area contributed by atoms with Gasteiger partial charge in [0.05, 0.1) is 12.3 Å². The zero-order valence-corrected chi connectivity index (χ0v) is 14.3. The number of carbonyl (C=O) groups excluding carboxylic acids is 1. The van der Waals surface area contributed by atoms with Crippen molar-refractivity contribution in [2.24, 2.45) is 0 Å². The zero-order chi connectivity index (χ0) is 16.8. The Morgan fingerprint density at radius 1 is 1.21 bits per heavy atom. The lowest BCUT2D eigenvalue weighted by molar-refractivity contribution is -0.144. The predicted octanol–water partition coefficient (Wildman–Crippen LogP) is 4.02. The van der Waals surface area contributed by atoms with Crippen molar-refractivity contribution in [3.8, 4) is 22.5 Å². The Morgan fingerprint density at radius 2 is 2.04 bits per heavy atom. The fraction of sp³-hybridized carbons (Fsp3) is 0.278. The van der Waals surface area contributed by atoms with Crippen LogP contribution in [0.1, 0.15) is 19.8 Å². The molecule has 0 radical (unpaired) electrons. The van der Waals surface area contributed by atoms with Gasteiger partial charge in [-0.3, -0.25) is 4.79 Å². The van der Waals surface area contributed by atoms with Crippen LogP contribution in [-0.4, -0.2) is 27.6 Å². The zero-order valence-electron chi connectivity index (χ0n) is 13.5. The SMILES string of the molecule is CCCCOC(=O)Cn1nnc(-c2ccccc2)c1-c1ccsc1. The Balaban J connectivity index is 1.90. The number of ether oxygens (including phenoxy) is 1. The van der Waals surface area contributed by atoms with E-state index in [0.717, 1.165) is 35.4 Å². The number of nitrogens with zero attached hydrogens (tertiary/aromatic N) is 3. The maximum Gasteiger partial charge on any atom is 0.327 e. The number of carbonyl (C=O) groups is 1. The van der Waals surface area contributed by atoms with Crippen molar-refractivity contribution in [2.45, 2.75) is 26.3 Å². The number of rotatable bonds is 7. The normalized spacial score (nSPS) is 10.7. The summed E-state index contributed by atoms with van der Waals surface area (Å²) in [5.41, 5.74) is 3.60. The number of thiophene rings is 1. The van der Waals surface area contributed by atoms with Gasteiger partial charge in [-0.2, -0.15) is 11.3 Å². The van der Waals surface area contributed by atoms with Crippen LogP contribution in [0.5, 0.6) is 0 Å². The van der Waals surface area contributed by atoms with Gasteiger partial charge in [0.15, 0.2) is 0 Å². The molecule has 0 N–H and O–H groups in total. The average Bonchev–Trinajstić information content (AvgIpc) is 3.25. The van der Waals surface area contributed by atoms with E-state index in [2.05, 4.69) is 17.2 Å². The van der Waals surface area contributed by atoms with E-state index in [4.69, 9.17) is 4.74 Å². The number of esters is 1. The van der Waals surface area contributed by atoms with E-state index >= 15 is 0 Å². The summed E-state index contributed by atoms with van der Waals surface area (Å²) >= 11 is 1.60. The Hall–Kier alpha value is -2.47.